The molecule has 0 amide bonds. The third-order valence-corrected chi connectivity index (χ3v) is 5.27. The predicted octanol–water partition coefficient (Wildman–Crippen LogP) is 3.01. The second kappa shape index (κ2) is 5.92. The molecule has 110 valence electrons. The summed E-state index contributed by atoms with van der Waals surface area (Å²) < 4.78 is 0. The van der Waals surface area contributed by atoms with Gasteiger partial charge in [-0.1, -0.05) is 17.7 Å². The molecule has 1 aromatic carbocycles. The van der Waals surface area contributed by atoms with Crippen molar-refractivity contribution in [2.75, 3.05) is 13.6 Å². The first-order valence-corrected chi connectivity index (χ1v) is 7.91. The fraction of sp³-hybridized carbons (Fsp3) is 0.625. The van der Waals surface area contributed by atoms with Crippen molar-refractivity contribution in [1.82, 2.24) is 10.2 Å². The van der Waals surface area contributed by atoms with Crippen molar-refractivity contribution in [3.05, 3.63) is 28.8 Å². The highest BCUT2D eigenvalue weighted by atomic mass is 35.5. The molecule has 2 atom stereocenters. The van der Waals surface area contributed by atoms with E-state index in [1.165, 1.54) is 25.7 Å². The highest BCUT2D eigenvalue weighted by Gasteiger charge is 2.37. The molecule has 2 N–H and O–H groups in total. The molecule has 0 saturated carbocycles. The Morgan fingerprint density at radius 2 is 2.00 bits per heavy atom. The van der Waals surface area contributed by atoms with Crippen LogP contribution in [0.5, 0.6) is 5.75 Å². The van der Waals surface area contributed by atoms with Crippen LogP contribution in [0.25, 0.3) is 0 Å². The van der Waals surface area contributed by atoms with Gasteiger partial charge in [-0.15, -0.1) is 0 Å². The fourth-order valence-electron chi connectivity index (χ4n) is 3.77. The number of benzene rings is 1. The molecule has 2 heterocycles. The maximum absolute atomic E-state index is 9.41. The molecule has 0 aromatic heterocycles. The molecular formula is C16H23ClN2O. The molecule has 3 rings (SSSR count). The van der Waals surface area contributed by atoms with E-state index < -0.39 is 0 Å². The Hall–Kier alpha value is -0.770. The summed E-state index contributed by atoms with van der Waals surface area (Å²) in [5, 5.41) is 13.4. The van der Waals surface area contributed by atoms with Gasteiger partial charge in [0.1, 0.15) is 5.75 Å². The lowest BCUT2D eigenvalue weighted by Crippen LogP contribution is -2.42. The Kier molecular flexibility index (Phi) is 4.20. The highest BCUT2D eigenvalue weighted by molar-refractivity contribution is 6.32. The van der Waals surface area contributed by atoms with Crippen LogP contribution in [0.4, 0.5) is 0 Å². The quantitative estimate of drug-likeness (QED) is 0.896. The van der Waals surface area contributed by atoms with Gasteiger partial charge in [-0.3, -0.25) is 0 Å². The summed E-state index contributed by atoms with van der Waals surface area (Å²) >= 11 is 5.92. The van der Waals surface area contributed by atoms with E-state index in [4.69, 9.17) is 11.6 Å². The first-order valence-electron chi connectivity index (χ1n) is 7.53. The molecule has 2 unspecified atom stereocenters. The van der Waals surface area contributed by atoms with Gasteiger partial charge in [-0.25, -0.2) is 0 Å². The lowest BCUT2D eigenvalue weighted by atomic mass is 9.91. The van der Waals surface area contributed by atoms with E-state index >= 15 is 0 Å². The monoisotopic (exact) mass is 294 g/mol. The number of halogens is 1. The lowest BCUT2D eigenvalue weighted by Gasteiger charge is -2.36. The van der Waals surface area contributed by atoms with Crippen LogP contribution in [-0.2, 0) is 6.54 Å². The smallest absolute Gasteiger partial charge is 0.134 e. The van der Waals surface area contributed by atoms with Crippen LogP contribution in [0.1, 0.15) is 31.2 Å². The van der Waals surface area contributed by atoms with Gasteiger partial charge in [0, 0.05) is 18.6 Å². The molecule has 0 aliphatic carbocycles. The van der Waals surface area contributed by atoms with E-state index in [1.54, 1.807) is 6.07 Å². The van der Waals surface area contributed by atoms with Crippen LogP contribution in [-0.4, -0.2) is 35.7 Å². The predicted molar refractivity (Wildman–Crippen MR) is 82.1 cm³/mol. The molecule has 1 aromatic rings. The van der Waals surface area contributed by atoms with Gasteiger partial charge >= 0.3 is 0 Å². The van der Waals surface area contributed by atoms with Gasteiger partial charge in [-0.2, -0.15) is 0 Å². The van der Waals surface area contributed by atoms with E-state index in [0.717, 1.165) is 36.7 Å². The molecule has 2 aliphatic rings. The summed E-state index contributed by atoms with van der Waals surface area (Å²) in [5.74, 6) is 0.957. The number of hydrogen-bond donors (Lipinski definition) is 2. The van der Waals surface area contributed by atoms with Crippen molar-refractivity contribution < 1.29 is 5.11 Å². The number of piperidine rings is 1. The molecule has 3 nitrogen and oxygen atoms in total. The standard InChI is InChI=1S/C16H23ClN2O/c1-19-13-3-4-14(19)7-12(6-13)10-18-9-11-2-5-16(20)15(17)8-11/h2,5,8,12-14,18,20H,3-4,6-7,9-10H2,1H3. The van der Waals surface area contributed by atoms with Crippen LogP contribution in [0.3, 0.4) is 0 Å². The van der Waals surface area contributed by atoms with E-state index in [9.17, 15) is 5.11 Å². The minimum absolute atomic E-state index is 0.155. The largest absolute Gasteiger partial charge is 0.506 e. The van der Waals surface area contributed by atoms with Crippen molar-refractivity contribution in [1.29, 1.82) is 0 Å². The Labute approximate surface area is 125 Å². The topological polar surface area (TPSA) is 35.5 Å². The van der Waals surface area contributed by atoms with Crippen LogP contribution in [0.15, 0.2) is 18.2 Å². The first kappa shape index (κ1) is 14.2. The molecule has 2 bridgehead atoms. The van der Waals surface area contributed by atoms with Crippen LogP contribution in [0, 0.1) is 5.92 Å². The summed E-state index contributed by atoms with van der Waals surface area (Å²) in [5.41, 5.74) is 1.13. The summed E-state index contributed by atoms with van der Waals surface area (Å²) in [6, 6.07) is 7.04. The fourth-order valence-corrected chi connectivity index (χ4v) is 3.97. The van der Waals surface area contributed by atoms with Crippen molar-refractivity contribution in [2.45, 2.75) is 44.3 Å². The number of phenolic OH excluding ortho intramolecular Hbond substituents is 1. The third kappa shape index (κ3) is 2.95. The maximum atomic E-state index is 9.41. The van der Waals surface area contributed by atoms with Gasteiger partial charge in [0.2, 0.25) is 0 Å². The molecule has 2 saturated heterocycles. The second-order valence-corrected chi connectivity index (χ2v) is 6.71. The minimum Gasteiger partial charge on any atom is -0.506 e. The average molecular weight is 295 g/mol. The highest BCUT2D eigenvalue weighted by Crippen LogP contribution is 2.37. The molecule has 0 spiro atoms. The van der Waals surface area contributed by atoms with Gasteiger partial charge in [-0.05, 0) is 62.9 Å². The number of nitrogens with one attached hydrogen (secondary N) is 1. The zero-order valence-corrected chi connectivity index (χ0v) is 12.7. The molecule has 2 aliphatic heterocycles. The Morgan fingerprint density at radius 1 is 1.30 bits per heavy atom. The summed E-state index contributed by atoms with van der Waals surface area (Å²) in [4.78, 5) is 2.58. The van der Waals surface area contributed by atoms with Crippen molar-refractivity contribution in [3.63, 3.8) is 0 Å². The van der Waals surface area contributed by atoms with Gasteiger partial charge in [0.05, 0.1) is 5.02 Å². The molecular weight excluding hydrogens is 272 g/mol. The number of aromatic hydroxyl groups is 1. The van der Waals surface area contributed by atoms with E-state index in [-0.39, 0.29) is 5.75 Å². The van der Waals surface area contributed by atoms with E-state index in [2.05, 4.69) is 17.3 Å². The van der Waals surface area contributed by atoms with Gasteiger partial charge in [0.25, 0.3) is 0 Å². The van der Waals surface area contributed by atoms with Gasteiger partial charge in [0.15, 0.2) is 0 Å². The molecule has 2 fully saturated rings. The number of rotatable bonds is 4. The number of phenols is 1. The summed E-state index contributed by atoms with van der Waals surface area (Å²) in [7, 11) is 2.28. The molecule has 20 heavy (non-hydrogen) atoms. The Morgan fingerprint density at radius 3 is 2.65 bits per heavy atom. The number of fused-ring (bicyclic) bond motifs is 2. The molecule has 4 heteroatoms. The average Bonchev–Trinajstić information content (AvgIpc) is 2.65. The Bertz CT molecular complexity index is 466. The Balaban J connectivity index is 1.47. The zero-order chi connectivity index (χ0) is 14.1. The van der Waals surface area contributed by atoms with Gasteiger partial charge < -0.3 is 15.3 Å². The molecule has 0 radical (unpaired) electrons. The summed E-state index contributed by atoms with van der Waals surface area (Å²) in [6.45, 7) is 1.90. The normalized spacial score (nSPS) is 29.8. The summed E-state index contributed by atoms with van der Waals surface area (Å²) in [6.07, 6.45) is 5.42. The first-order chi connectivity index (χ1) is 9.63. The van der Waals surface area contributed by atoms with Crippen molar-refractivity contribution >= 4 is 11.6 Å². The van der Waals surface area contributed by atoms with Crippen LogP contribution in [0.2, 0.25) is 5.02 Å². The van der Waals surface area contributed by atoms with Crippen LogP contribution < -0.4 is 5.32 Å². The number of hydrogen-bond acceptors (Lipinski definition) is 3. The lowest BCUT2D eigenvalue weighted by molar-refractivity contribution is 0.133. The van der Waals surface area contributed by atoms with Crippen molar-refractivity contribution in [3.8, 4) is 5.75 Å². The van der Waals surface area contributed by atoms with Crippen LogP contribution >= 0.6 is 11.6 Å². The minimum atomic E-state index is 0.155. The second-order valence-electron chi connectivity index (χ2n) is 6.30. The van der Waals surface area contributed by atoms with E-state index in [0.29, 0.717) is 5.02 Å². The zero-order valence-electron chi connectivity index (χ0n) is 12.0. The van der Waals surface area contributed by atoms with E-state index in [1.807, 2.05) is 12.1 Å². The SMILES string of the molecule is CN1C2CCC1CC(CNCc1ccc(O)c(Cl)c1)C2. The van der Waals surface area contributed by atoms with Crippen molar-refractivity contribution in [2.24, 2.45) is 5.92 Å². The maximum Gasteiger partial charge on any atom is 0.134 e. The number of nitrogens with zero attached hydrogens (tertiary/aromatic N) is 1. The third-order valence-electron chi connectivity index (χ3n) is 4.97.